The van der Waals surface area contributed by atoms with Crippen molar-refractivity contribution in [3.8, 4) is 0 Å². The maximum Gasteiger partial charge on any atom is 0.265 e. The minimum atomic E-state index is -3.67. The van der Waals surface area contributed by atoms with Gasteiger partial charge in [0.15, 0.2) is 0 Å². The first-order chi connectivity index (χ1) is 18.8. The van der Waals surface area contributed by atoms with E-state index in [1.54, 1.807) is 17.0 Å². The van der Waals surface area contributed by atoms with Crippen LogP contribution >= 0.6 is 0 Å². The van der Waals surface area contributed by atoms with Crippen LogP contribution in [-0.4, -0.2) is 43.8 Å². The third-order valence-electron chi connectivity index (χ3n) is 7.99. The molecule has 0 radical (unpaired) electrons. The molecule has 1 heterocycles. The first-order valence-electron chi connectivity index (χ1n) is 14.0. The van der Waals surface area contributed by atoms with Gasteiger partial charge in [0.05, 0.1) is 10.6 Å². The van der Waals surface area contributed by atoms with Gasteiger partial charge < -0.3 is 10.2 Å². The molecule has 39 heavy (non-hydrogen) atoms. The summed E-state index contributed by atoms with van der Waals surface area (Å²) >= 11 is 0. The molecule has 206 valence electrons. The smallest absolute Gasteiger partial charge is 0.265 e. The highest BCUT2D eigenvalue weighted by molar-refractivity contribution is 7.93. The van der Waals surface area contributed by atoms with Crippen molar-refractivity contribution in [1.29, 1.82) is 0 Å². The number of anilines is 1. The minimum absolute atomic E-state index is 0.103. The number of hydrogen-bond donors (Lipinski definition) is 1. The summed E-state index contributed by atoms with van der Waals surface area (Å²) in [5.74, 6) is -0.245. The van der Waals surface area contributed by atoms with Gasteiger partial charge in [0.1, 0.15) is 6.04 Å². The van der Waals surface area contributed by atoms with E-state index >= 15 is 0 Å². The first kappa shape index (κ1) is 27.2. The van der Waals surface area contributed by atoms with Gasteiger partial charge >= 0.3 is 0 Å². The molecule has 0 saturated heterocycles. The van der Waals surface area contributed by atoms with E-state index in [2.05, 4.69) is 5.32 Å². The van der Waals surface area contributed by atoms with Crippen molar-refractivity contribution in [3.63, 3.8) is 0 Å². The van der Waals surface area contributed by atoms with E-state index in [4.69, 9.17) is 0 Å². The van der Waals surface area contributed by atoms with Crippen molar-refractivity contribution in [3.05, 3.63) is 71.8 Å². The highest BCUT2D eigenvalue weighted by atomic mass is 32.2. The molecule has 2 aliphatic rings. The number of amides is 2. The molecule has 3 aromatic rings. The van der Waals surface area contributed by atoms with Crippen molar-refractivity contribution < 1.29 is 18.0 Å². The van der Waals surface area contributed by atoms with Gasteiger partial charge in [-0.2, -0.15) is 0 Å². The number of rotatable bonds is 10. The van der Waals surface area contributed by atoms with Crippen molar-refractivity contribution in [2.45, 2.75) is 82.3 Å². The van der Waals surface area contributed by atoms with E-state index in [1.165, 1.54) is 4.31 Å². The number of carbonyl (C=O) groups is 2. The number of aryl methyl sites for hydroxylation is 1. The zero-order valence-electron chi connectivity index (χ0n) is 22.7. The first-order valence-corrected chi connectivity index (χ1v) is 15.4. The lowest BCUT2D eigenvalue weighted by Gasteiger charge is -2.32. The zero-order chi connectivity index (χ0) is 27.6. The molecule has 2 amide bonds. The summed E-state index contributed by atoms with van der Waals surface area (Å²) in [7, 11) is -3.67. The summed E-state index contributed by atoms with van der Waals surface area (Å²) in [5, 5.41) is 4.80. The maximum absolute atomic E-state index is 13.7. The molecule has 8 heteroatoms. The van der Waals surface area contributed by atoms with Crippen LogP contribution in [-0.2, 0) is 26.2 Å². The molecule has 1 fully saturated rings. The molecule has 5 rings (SSSR count). The second-order valence-corrected chi connectivity index (χ2v) is 12.6. The average molecular weight is 548 g/mol. The SMILES string of the molecule is CC[C@@H](C(=O)NC1CCCC1)N(Cc1ccc(C)cc1)C(=O)CCCN1c2cccc3cccc(c23)S1(=O)=O. The predicted molar refractivity (Wildman–Crippen MR) is 154 cm³/mol. The van der Waals surface area contributed by atoms with Crippen molar-refractivity contribution in [1.82, 2.24) is 10.2 Å². The van der Waals surface area contributed by atoms with E-state index in [0.717, 1.165) is 47.6 Å². The lowest BCUT2D eigenvalue weighted by atomic mass is 10.1. The summed E-state index contributed by atoms with van der Waals surface area (Å²) in [4.78, 5) is 29.0. The van der Waals surface area contributed by atoms with E-state index in [-0.39, 0.29) is 30.8 Å². The van der Waals surface area contributed by atoms with Gasteiger partial charge in [0.2, 0.25) is 11.8 Å². The molecule has 0 bridgehead atoms. The topological polar surface area (TPSA) is 86.8 Å². The Morgan fingerprint density at radius 3 is 2.41 bits per heavy atom. The molecule has 1 N–H and O–H groups in total. The van der Waals surface area contributed by atoms with Crippen LogP contribution in [0, 0.1) is 6.92 Å². The fraction of sp³-hybridized carbons (Fsp3) is 0.419. The standard InChI is InChI=1S/C31H37N3O4S/c1-3-26(31(36)32-25-11-4-5-12-25)33(21-23-18-16-22(2)17-19-23)29(35)15-8-20-34-27-13-6-9-24-10-7-14-28(30(24)27)39(34,37)38/h6-7,9-10,13-14,16-19,25-26H,3-5,8,11-12,15,20-21H2,1-2H3,(H,32,36)/t26-/m0/s1. The average Bonchev–Trinajstić information content (AvgIpc) is 3.51. The number of sulfonamides is 1. The largest absolute Gasteiger partial charge is 0.352 e. The van der Waals surface area contributed by atoms with Crippen LogP contribution in [0.1, 0.15) is 63.0 Å². The van der Waals surface area contributed by atoms with E-state index in [9.17, 15) is 18.0 Å². The molecule has 1 aliphatic carbocycles. The number of nitrogens with zero attached hydrogens (tertiary/aromatic N) is 2. The monoisotopic (exact) mass is 547 g/mol. The molecule has 0 spiro atoms. The predicted octanol–water partition coefficient (Wildman–Crippen LogP) is 5.30. The maximum atomic E-state index is 13.7. The van der Waals surface area contributed by atoms with Crippen LogP contribution in [0.5, 0.6) is 0 Å². The Kier molecular flexibility index (Phi) is 7.93. The van der Waals surface area contributed by atoms with Gasteiger partial charge in [-0.05, 0) is 55.7 Å². The van der Waals surface area contributed by atoms with E-state index in [1.807, 2.05) is 62.4 Å². The lowest BCUT2D eigenvalue weighted by molar-refractivity contribution is -0.141. The van der Waals surface area contributed by atoms with Crippen molar-refractivity contribution in [2.24, 2.45) is 0 Å². The summed E-state index contributed by atoms with van der Waals surface area (Å²) in [5.41, 5.74) is 2.75. The fourth-order valence-electron chi connectivity index (χ4n) is 5.89. The summed E-state index contributed by atoms with van der Waals surface area (Å²) in [6.45, 7) is 4.48. The molecule has 1 atom stereocenters. The number of hydrogen-bond acceptors (Lipinski definition) is 4. The Hall–Kier alpha value is -3.39. The normalized spacial score (nSPS) is 16.9. The second-order valence-electron chi connectivity index (χ2n) is 10.7. The Labute approximate surface area is 231 Å². The van der Waals surface area contributed by atoms with Crippen molar-refractivity contribution in [2.75, 3.05) is 10.8 Å². The third-order valence-corrected chi connectivity index (χ3v) is 9.85. The highest BCUT2D eigenvalue weighted by Crippen LogP contribution is 2.42. The Morgan fingerprint density at radius 1 is 1.03 bits per heavy atom. The van der Waals surface area contributed by atoms with Crippen LogP contribution in [0.2, 0.25) is 0 Å². The molecule has 1 saturated carbocycles. The second kappa shape index (κ2) is 11.4. The summed E-state index contributed by atoms with van der Waals surface area (Å²) < 4.78 is 28.1. The number of benzene rings is 3. The number of carbonyl (C=O) groups excluding carboxylic acids is 2. The third kappa shape index (κ3) is 5.53. The van der Waals surface area contributed by atoms with Crippen LogP contribution in [0.3, 0.4) is 0 Å². The van der Waals surface area contributed by atoms with Crippen molar-refractivity contribution >= 4 is 38.3 Å². The number of nitrogens with one attached hydrogen (secondary N) is 1. The molecule has 1 aliphatic heterocycles. The van der Waals surface area contributed by atoms with Gasteiger partial charge in [-0.3, -0.25) is 13.9 Å². The van der Waals surface area contributed by atoms with Gasteiger partial charge in [0, 0.05) is 30.9 Å². The van der Waals surface area contributed by atoms with Crippen LogP contribution in [0.15, 0.2) is 65.6 Å². The van der Waals surface area contributed by atoms with Gasteiger partial charge in [-0.1, -0.05) is 73.9 Å². The highest BCUT2D eigenvalue weighted by Gasteiger charge is 2.36. The zero-order valence-corrected chi connectivity index (χ0v) is 23.5. The molecule has 0 unspecified atom stereocenters. The van der Waals surface area contributed by atoms with Crippen LogP contribution in [0.25, 0.3) is 10.8 Å². The van der Waals surface area contributed by atoms with Gasteiger partial charge in [0.25, 0.3) is 10.0 Å². The van der Waals surface area contributed by atoms with Crippen LogP contribution < -0.4 is 9.62 Å². The molecular weight excluding hydrogens is 510 g/mol. The Morgan fingerprint density at radius 2 is 1.72 bits per heavy atom. The van der Waals surface area contributed by atoms with E-state index in [0.29, 0.717) is 30.0 Å². The molecular formula is C31H37N3O4S. The fourth-order valence-corrected chi connectivity index (χ4v) is 7.64. The Bertz CT molecular complexity index is 1460. The Balaban J connectivity index is 1.32. The molecule has 7 nitrogen and oxygen atoms in total. The molecule has 3 aromatic carbocycles. The quantitative estimate of drug-likeness (QED) is 0.373. The van der Waals surface area contributed by atoms with Gasteiger partial charge in [-0.25, -0.2) is 8.42 Å². The lowest BCUT2D eigenvalue weighted by Crippen LogP contribution is -2.51. The summed E-state index contributed by atoms with van der Waals surface area (Å²) in [6.07, 6.45) is 5.20. The molecule has 0 aromatic heterocycles. The minimum Gasteiger partial charge on any atom is -0.352 e. The van der Waals surface area contributed by atoms with Crippen LogP contribution in [0.4, 0.5) is 5.69 Å². The summed E-state index contributed by atoms with van der Waals surface area (Å²) in [6, 6.07) is 18.5. The van der Waals surface area contributed by atoms with E-state index < -0.39 is 16.1 Å². The van der Waals surface area contributed by atoms with Gasteiger partial charge in [-0.15, -0.1) is 0 Å².